The number of nitrogens with two attached hydrogens (primary N) is 1. The maximum atomic E-state index is 4.85. The first-order chi connectivity index (χ1) is 1.41. The quantitative estimate of drug-likeness (QED) is 0.313. The van der Waals surface area contributed by atoms with Gasteiger partial charge in [0.05, 0.1) is 0 Å². The SMILES string of the molecule is CCN.[H-].[K+]. The molecular formula is C2H8KN. The van der Waals surface area contributed by atoms with Crippen molar-refractivity contribution in [3.8, 4) is 0 Å². The Morgan fingerprint density at radius 1 is 2.00 bits per heavy atom. The Kier molecular flexibility index (Phi) is 20.2. The van der Waals surface area contributed by atoms with Crippen molar-refractivity contribution < 1.29 is 52.8 Å². The molecule has 0 amide bonds. The Morgan fingerprint density at radius 2 is 2.00 bits per heavy atom. The van der Waals surface area contributed by atoms with Gasteiger partial charge in [0.15, 0.2) is 0 Å². The maximum Gasteiger partial charge on any atom is 1.00 e. The van der Waals surface area contributed by atoms with Crippen LogP contribution in [0.5, 0.6) is 0 Å². The average molecular weight is 85.2 g/mol. The molecule has 0 aromatic carbocycles. The summed E-state index contributed by atoms with van der Waals surface area (Å²) in [7, 11) is 0. The van der Waals surface area contributed by atoms with Gasteiger partial charge in [-0.3, -0.25) is 0 Å². The van der Waals surface area contributed by atoms with Gasteiger partial charge in [0.2, 0.25) is 0 Å². The molecule has 0 unspecified atom stereocenters. The van der Waals surface area contributed by atoms with Gasteiger partial charge < -0.3 is 7.16 Å². The molecule has 0 atom stereocenters. The Bertz CT molecular complexity index is 9.61. The largest absolute Gasteiger partial charge is 1.00 e. The number of hydrogen-bond acceptors (Lipinski definition) is 1. The number of rotatable bonds is 0. The van der Waals surface area contributed by atoms with E-state index in [-0.39, 0.29) is 52.8 Å². The fourth-order valence-corrected chi connectivity index (χ4v) is 0. The monoisotopic (exact) mass is 85.0 g/mol. The molecular weight excluding hydrogens is 77.1 g/mol. The van der Waals surface area contributed by atoms with Gasteiger partial charge in [-0.2, -0.15) is 0 Å². The fraction of sp³-hybridized carbons (Fsp3) is 1.00. The molecule has 0 fully saturated rings. The van der Waals surface area contributed by atoms with E-state index in [1.165, 1.54) is 0 Å². The molecule has 0 rings (SSSR count). The molecule has 0 aliphatic rings. The Labute approximate surface area is 70.9 Å². The standard InChI is InChI=1S/C2H7N.K.H/c1-2-3;;/h2-3H2,1H3;;/q;+1;-1. The van der Waals surface area contributed by atoms with Crippen LogP contribution >= 0.6 is 0 Å². The van der Waals surface area contributed by atoms with Gasteiger partial charge in [-0.1, -0.05) is 6.92 Å². The van der Waals surface area contributed by atoms with Crippen molar-refractivity contribution in [3.05, 3.63) is 0 Å². The van der Waals surface area contributed by atoms with Crippen LogP contribution < -0.4 is 57.1 Å². The third-order valence-electron chi connectivity index (χ3n) is 0. The first kappa shape index (κ1) is 9.14. The van der Waals surface area contributed by atoms with Crippen molar-refractivity contribution in [1.82, 2.24) is 0 Å². The van der Waals surface area contributed by atoms with E-state index in [9.17, 15) is 0 Å². The van der Waals surface area contributed by atoms with E-state index in [2.05, 4.69) is 0 Å². The van der Waals surface area contributed by atoms with Crippen LogP contribution in [-0.2, 0) is 0 Å². The molecule has 0 bridgehead atoms. The predicted molar refractivity (Wildman–Crippen MR) is 15.8 cm³/mol. The minimum Gasteiger partial charge on any atom is -1.00 e. The molecule has 22 valence electrons. The summed E-state index contributed by atoms with van der Waals surface area (Å²) in [5, 5.41) is 0. The normalized spacial score (nSPS) is 4.50. The van der Waals surface area contributed by atoms with Crippen LogP contribution in [0.25, 0.3) is 0 Å². The van der Waals surface area contributed by atoms with E-state index in [0.29, 0.717) is 0 Å². The van der Waals surface area contributed by atoms with Crippen molar-refractivity contribution in [2.75, 3.05) is 6.54 Å². The second-order valence-electron chi connectivity index (χ2n) is 0.408. The summed E-state index contributed by atoms with van der Waals surface area (Å²) in [5.74, 6) is 0. The van der Waals surface area contributed by atoms with E-state index in [4.69, 9.17) is 5.73 Å². The van der Waals surface area contributed by atoms with Gasteiger partial charge in [-0.15, -0.1) is 0 Å². The van der Waals surface area contributed by atoms with Gasteiger partial charge in [0.25, 0.3) is 0 Å². The zero-order chi connectivity index (χ0) is 2.71. The summed E-state index contributed by atoms with van der Waals surface area (Å²) in [5.41, 5.74) is 4.85. The minimum atomic E-state index is 0. The summed E-state index contributed by atoms with van der Waals surface area (Å²) in [4.78, 5) is 0. The third kappa shape index (κ3) is 9.51. The van der Waals surface area contributed by atoms with E-state index < -0.39 is 0 Å². The van der Waals surface area contributed by atoms with Crippen LogP contribution in [0.1, 0.15) is 8.35 Å². The first-order valence-corrected chi connectivity index (χ1v) is 1.12. The number of hydrogen-bond donors (Lipinski definition) is 1. The first-order valence-electron chi connectivity index (χ1n) is 1.12. The second-order valence-corrected chi connectivity index (χ2v) is 0.408. The average Bonchev–Trinajstić information content (AvgIpc) is 0.918. The molecule has 2 heteroatoms. The molecule has 2 N–H and O–H groups in total. The second kappa shape index (κ2) is 8.82. The third-order valence-corrected chi connectivity index (χ3v) is 0. The van der Waals surface area contributed by atoms with E-state index >= 15 is 0 Å². The molecule has 0 aliphatic carbocycles. The van der Waals surface area contributed by atoms with Gasteiger partial charge >= 0.3 is 51.4 Å². The van der Waals surface area contributed by atoms with Crippen LogP contribution in [0.4, 0.5) is 0 Å². The molecule has 0 aromatic rings. The summed E-state index contributed by atoms with van der Waals surface area (Å²) in [6, 6.07) is 0. The summed E-state index contributed by atoms with van der Waals surface area (Å²) in [6.45, 7) is 2.65. The minimum absolute atomic E-state index is 0. The van der Waals surface area contributed by atoms with Crippen molar-refractivity contribution in [2.24, 2.45) is 5.73 Å². The maximum absolute atomic E-state index is 4.85. The topological polar surface area (TPSA) is 26.0 Å². The smallest absolute Gasteiger partial charge is 1.00 e. The van der Waals surface area contributed by atoms with E-state index in [1.807, 2.05) is 6.92 Å². The summed E-state index contributed by atoms with van der Waals surface area (Å²) < 4.78 is 0. The van der Waals surface area contributed by atoms with Gasteiger partial charge in [-0.05, 0) is 6.54 Å². The van der Waals surface area contributed by atoms with Crippen LogP contribution in [0, 0.1) is 0 Å². The van der Waals surface area contributed by atoms with Gasteiger partial charge in [0.1, 0.15) is 0 Å². The van der Waals surface area contributed by atoms with E-state index in [0.717, 1.165) is 6.54 Å². The Hall–Kier alpha value is 1.60. The Morgan fingerprint density at radius 3 is 2.00 bits per heavy atom. The van der Waals surface area contributed by atoms with Crippen molar-refractivity contribution >= 4 is 0 Å². The predicted octanol–water partition coefficient (Wildman–Crippen LogP) is -2.92. The van der Waals surface area contributed by atoms with Gasteiger partial charge in [0, 0.05) is 0 Å². The van der Waals surface area contributed by atoms with Crippen LogP contribution in [0.15, 0.2) is 0 Å². The molecule has 1 nitrogen and oxygen atoms in total. The molecule has 0 saturated carbocycles. The zero-order valence-electron chi connectivity index (χ0n) is 4.28. The molecule has 4 heavy (non-hydrogen) atoms. The van der Waals surface area contributed by atoms with Crippen LogP contribution in [-0.4, -0.2) is 6.54 Å². The molecule has 0 heterocycles. The zero-order valence-corrected chi connectivity index (χ0v) is 6.41. The summed E-state index contributed by atoms with van der Waals surface area (Å²) in [6.07, 6.45) is 0. The van der Waals surface area contributed by atoms with Crippen molar-refractivity contribution in [2.45, 2.75) is 6.92 Å². The van der Waals surface area contributed by atoms with E-state index in [1.54, 1.807) is 0 Å². The molecule has 0 spiro atoms. The Balaban J connectivity index is -0.0000000200. The molecule has 0 aliphatic heterocycles. The molecule has 0 aromatic heterocycles. The molecule has 0 radical (unpaired) electrons. The van der Waals surface area contributed by atoms with Crippen molar-refractivity contribution in [1.29, 1.82) is 0 Å². The van der Waals surface area contributed by atoms with Crippen LogP contribution in [0.3, 0.4) is 0 Å². The molecule has 0 saturated heterocycles. The van der Waals surface area contributed by atoms with Gasteiger partial charge in [-0.25, -0.2) is 0 Å². The van der Waals surface area contributed by atoms with Crippen molar-refractivity contribution in [3.63, 3.8) is 0 Å². The summed E-state index contributed by atoms with van der Waals surface area (Å²) >= 11 is 0. The van der Waals surface area contributed by atoms with Crippen LogP contribution in [0.2, 0.25) is 0 Å². The fourth-order valence-electron chi connectivity index (χ4n) is 0.